The highest BCUT2D eigenvalue weighted by Crippen LogP contribution is 2.20. The summed E-state index contributed by atoms with van der Waals surface area (Å²) in [6.45, 7) is 12.7. The summed E-state index contributed by atoms with van der Waals surface area (Å²) in [6.07, 6.45) is 1.32. The van der Waals surface area contributed by atoms with Crippen molar-refractivity contribution in [3.8, 4) is 0 Å². The molecule has 1 heterocycles. The zero-order valence-electron chi connectivity index (χ0n) is 13.8. The first-order valence-electron chi connectivity index (χ1n) is 8.03. The maximum absolute atomic E-state index is 12.2. The van der Waals surface area contributed by atoms with Crippen LogP contribution in [0.4, 0.5) is 0 Å². The Morgan fingerprint density at radius 2 is 1.90 bits per heavy atom. The lowest BCUT2D eigenvalue weighted by Crippen LogP contribution is -2.42. The lowest BCUT2D eigenvalue weighted by molar-refractivity contribution is 0.0936. The van der Waals surface area contributed by atoms with Crippen LogP contribution in [0.3, 0.4) is 0 Å². The Bertz CT molecular complexity index is 488. The molecule has 1 aliphatic rings. The van der Waals surface area contributed by atoms with Crippen LogP contribution in [0.15, 0.2) is 18.2 Å². The van der Waals surface area contributed by atoms with E-state index in [1.54, 1.807) is 0 Å². The smallest absolute Gasteiger partial charge is 0.251 e. The Kier molecular flexibility index (Phi) is 5.40. The highest BCUT2D eigenvalue weighted by molar-refractivity contribution is 5.95. The van der Waals surface area contributed by atoms with E-state index in [4.69, 9.17) is 0 Å². The first-order chi connectivity index (χ1) is 9.95. The molecule has 1 aliphatic heterocycles. The van der Waals surface area contributed by atoms with Crippen molar-refractivity contribution in [2.24, 2.45) is 11.8 Å². The van der Waals surface area contributed by atoms with Crippen molar-refractivity contribution in [2.75, 3.05) is 26.2 Å². The number of hydrogen-bond acceptors (Lipinski definition) is 2. The van der Waals surface area contributed by atoms with Crippen molar-refractivity contribution in [1.82, 2.24) is 10.2 Å². The van der Waals surface area contributed by atoms with Crippen LogP contribution in [-0.2, 0) is 0 Å². The molecule has 0 spiro atoms. The number of hydrogen-bond donors (Lipinski definition) is 1. The number of carbonyl (C=O) groups is 1. The van der Waals surface area contributed by atoms with Gasteiger partial charge >= 0.3 is 0 Å². The monoisotopic (exact) mass is 288 g/mol. The fourth-order valence-electron chi connectivity index (χ4n) is 3.47. The van der Waals surface area contributed by atoms with Crippen LogP contribution in [-0.4, -0.2) is 37.0 Å². The zero-order valence-corrected chi connectivity index (χ0v) is 13.8. The van der Waals surface area contributed by atoms with Gasteiger partial charge in [-0.05, 0) is 43.7 Å². The molecule has 116 valence electrons. The molecule has 1 saturated heterocycles. The van der Waals surface area contributed by atoms with E-state index in [2.05, 4.69) is 30.1 Å². The summed E-state index contributed by atoms with van der Waals surface area (Å²) < 4.78 is 0. The third-order valence-corrected chi connectivity index (χ3v) is 4.28. The molecule has 1 aromatic carbocycles. The fourth-order valence-corrected chi connectivity index (χ4v) is 3.47. The topological polar surface area (TPSA) is 32.3 Å². The molecule has 0 unspecified atom stereocenters. The van der Waals surface area contributed by atoms with Crippen LogP contribution in [0, 0.1) is 25.7 Å². The molecule has 1 fully saturated rings. The molecule has 3 nitrogen and oxygen atoms in total. The van der Waals surface area contributed by atoms with E-state index in [0.29, 0.717) is 0 Å². The van der Waals surface area contributed by atoms with Gasteiger partial charge in [-0.3, -0.25) is 4.79 Å². The molecular formula is C18H28N2O. The second kappa shape index (κ2) is 7.08. The molecule has 1 N–H and O–H groups in total. The van der Waals surface area contributed by atoms with E-state index in [0.717, 1.165) is 49.1 Å². The number of rotatable bonds is 4. The van der Waals surface area contributed by atoms with Gasteiger partial charge in [-0.1, -0.05) is 31.5 Å². The minimum absolute atomic E-state index is 0.0469. The van der Waals surface area contributed by atoms with Crippen molar-refractivity contribution >= 4 is 5.91 Å². The third-order valence-electron chi connectivity index (χ3n) is 4.28. The molecule has 1 aromatic rings. The first kappa shape index (κ1) is 16.0. The first-order valence-corrected chi connectivity index (χ1v) is 8.03. The molecule has 0 aromatic heterocycles. The summed E-state index contributed by atoms with van der Waals surface area (Å²) in [5.74, 6) is 1.58. The van der Waals surface area contributed by atoms with Crippen LogP contribution < -0.4 is 5.32 Å². The number of nitrogens with one attached hydrogen (secondary N) is 1. The van der Waals surface area contributed by atoms with Crippen molar-refractivity contribution in [3.05, 3.63) is 34.9 Å². The summed E-state index contributed by atoms with van der Waals surface area (Å²) >= 11 is 0. The summed E-state index contributed by atoms with van der Waals surface area (Å²) in [6, 6.07) is 5.98. The van der Waals surface area contributed by atoms with Gasteiger partial charge in [0.25, 0.3) is 5.91 Å². The molecule has 0 saturated carbocycles. The second-order valence-electron chi connectivity index (χ2n) is 6.78. The van der Waals surface area contributed by atoms with Crippen molar-refractivity contribution in [3.63, 3.8) is 0 Å². The minimum Gasteiger partial charge on any atom is -0.351 e. The molecule has 1 amide bonds. The number of amides is 1. The molecule has 3 heteroatoms. The van der Waals surface area contributed by atoms with Gasteiger partial charge in [0.2, 0.25) is 0 Å². The van der Waals surface area contributed by atoms with E-state index in [-0.39, 0.29) is 5.91 Å². The summed E-state index contributed by atoms with van der Waals surface area (Å²) in [5.41, 5.74) is 3.04. The predicted octanol–water partition coefficient (Wildman–Crippen LogP) is 3.01. The molecule has 0 aliphatic carbocycles. The van der Waals surface area contributed by atoms with Crippen LogP contribution >= 0.6 is 0 Å². The van der Waals surface area contributed by atoms with Crippen molar-refractivity contribution in [1.29, 1.82) is 0 Å². The van der Waals surface area contributed by atoms with Gasteiger partial charge in [0.15, 0.2) is 0 Å². The Morgan fingerprint density at radius 1 is 1.24 bits per heavy atom. The standard InChI is InChI=1S/C18H28N2O/c1-13-5-6-17(16(4)10-13)18(21)19-7-8-20-11-14(2)9-15(3)12-20/h5-6,10,14-15H,7-9,11-12H2,1-4H3,(H,19,21)/t14-,15-/m0/s1. The lowest BCUT2D eigenvalue weighted by Gasteiger charge is -2.34. The molecule has 2 atom stereocenters. The number of carbonyl (C=O) groups excluding carboxylic acids is 1. The lowest BCUT2D eigenvalue weighted by atomic mass is 9.92. The van der Waals surface area contributed by atoms with Crippen molar-refractivity contribution in [2.45, 2.75) is 34.1 Å². The Labute approximate surface area is 128 Å². The average molecular weight is 288 g/mol. The van der Waals surface area contributed by atoms with Crippen molar-refractivity contribution < 1.29 is 4.79 Å². The molecule has 21 heavy (non-hydrogen) atoms. The fraction of sp³-hybridized carbons (Fsp3) is 0.611. The van der Waals surface area contributed by atoms with Crippen LogP contribution in [0.2, 0.25) is 0 Å². The van der Waals surface area contributed by atoms with E-state index in [1.807, 2.05) is 26.0 Å². The Balaban J connectivity index is 1.81. The minimum atomic E-state index is 0.0469. The Morgan fingerprint density at radius 3 is 2.52 bits per heavy atom. The highest BCUT2D eigenvalue weighted by Gasteiger charge is 2.21. The predicted molar refractivity (Wildman–Crippen MR) is 87.6 cm³/mol. The highest BCUT2D eigenvalue weighted by atomic mass is 16.1. The second-order valence-corrected chi connectivity index (χ2v) is 6.78. The van der Waals surface area contributed by atoms with Crippen LogP contribution in [0.5, 0.6) is 0 Å². The van der Waals surface area contributed by atoms with E-state index in [1.165, 1.54) is 12.0 Å². The average Bonchev–Trinajstić information content (AvgIpc) is 2.37. The van der Waals surface area contributed by atoms with Gasteiger partial charge in [-0.15, -0.1) is 0 Å². The maximum atomic E-state index is 12.2. The number of nitrogens with zero attached hydrogens (tertiary/aromatic N) is 1. The maximum Gasteiger partial charge on any atom is 0.251 e. The van der Waals surface area contributed by atoms with E-state index in [9.17, 15) is 4.79 Å². The molecule has 0 radical (unpaired) electrons. The van der Waals surface area contributed by atoms with Crippen LogP contribution in [0.1, 0.15) is 41.8 Å². The zero-order chi connectivity index (χ0) is 15.4. The van der Waals surface area contributed by atoms with E-state index < -0.39 is 0 Å². The third kappa shape index (κ3) is 4.57. The SMILES string of the molecule is Cc1ccc(C(=O)NCCN2C[C@@H](C)C[C@H](C)C2)c(C)c1. The van der Waals surface area contributed by atoms with Gasteiger partial charge in [-0.2, -0.15) is 0 Å². The molecule has 2 rings (SSSR count). The normalized spacial score (nSPS) is 23.0. The number of piperidine rings is 1. The summed E-state index contributed by atoms with van der Waals surface area (Å²) in [7, 11) is 0. The van der Waals surface area contributed by atoms with Gasteiger partial charge in [0.05, 0.1) is 0 Å². The molecular weight excluding hydrogens is 260 g/mol. The largest absolute Gasteiger partial charge is 0.351 e. The summed E-state index contributed by atoms with van der Waals surface area (Å²) in [5, 5.41) is 3.06. The number of likely N-dealkylation sites (tertiary alicyclic amines) is 1. The van der Waals surface area contributed by atoms with Gasteiger partial charge in [-0.25, -0.2) is 0 Å². The van der Waals surface area contributed by atoms with Crippen LogP contribution in [0.25, 0.3) is 0 Å². The summed E-state index contributed by atoms with van der Waals surface area (Å²) in [4.78, 5) is 14.7. The van der Waals surface area contributed by atoms with Gasteiger partial charge in [0.1, 0.15) is 0 Å². The van der Waals surface area contributed by atoms with E-state index >= 15 is 0 Å². The number of benzene rings is 1. The number of aryl methyl sites for hydroxylation is 2. The van der Waals surface area contributed by atoms with Gasteiger partial charge < -0.3 is 10.2 Å². The molecule has 0 bridgehead atoms. The quantitative estimate of drug-likeness (QED) is 0.923. The Hall–Kier alpha value is -1.35. The van der Waals surface area contributed by atoms with Gasteiger partial charge in [0, 0.05) is 31.7 Å².